The summed E-state index contributed by atoms with van der Waals surface area (Å²) < 4.78 is 0. The van der Waals surface area contributed by atoms with E-state index in [0.29, 0.717) is 5.54 Å². The standard InChI is InChI=1S/C8H17N/c1-4-8(3)5-7(2)6-9-8/h7,9H,4-6H2,1-3H3. The van der Waals surface area contributed by atoms with Crippen LogP contribution in [0.4, 0.5) is 0 Å². The first-order chi connectivity index (χ1) is 4.16. The van der Waals surface area contributed by atoms with Crippen LogP contribution in [0.3, 0.4) is 0 Å². The lowest BCUT2D eigenvalue weighted by Gasteiger charge is -2.21. The average molecular weight is 127 g/mol. The van der Waals surface area contributed by atoms with Crippen LogP contribution in [0.25, 0.3) is 0 Å². The lowest BCUT2D eigenvalue weighted by Crippen LogP contribution is -2.34. The van der Waals surface area contributed by atoms with Crippen molar-refractivity contribution >= 4 is 0 Å². The molecule has 1 heterocycles. The monoisotopic (exact) mass is 127 g/mol. The van der Waals surface area contributed by atoms with Crippen molar-refractivity contribution in [3.05, 3.63) is 0 Å². The van der Waals surface area contributed by atoms with Gasteiger partial charge in [0.05, 0.1) is 0 Å². The molecule has 0 spiro atoms. The van der Waals surface area contributed by atoms with E-state index in [2.05, 4.69) is 26.1 Å². The van der Waals surface area contributed by atoms with Crippen LogP contribution in [0, 0.1) is 5.92 Å². The van der Waals surface area contributed by atoms with Crippen molar-refractivity contribution in [3.8, 4) is 0 Å². The van der Waals surface area contributed by atoms with Crippen molar-refractivity contribution in [1.82, 2.24) is 5.32 Å². The minimum atomic E-state index is 0.458. The first kappa shape index (κ1) is 7.07. The van der Waals surface area contributed by atoms with Crippen LogP contribution in [-0.2, 0) is 0 Å². The molecule has 0 saturated carbocycles. The molecule has 0 aromatic heterocycles. The summed E-state index contributed by atoms with van der Waals surface area (Å²) in [6, 6.07) is 0. The fourth-order valence-corrected chi connectivity index (χ4v) is 1.60. The summed E-state index contributed by atoms with van der Waals surface area (Å²) in [5.41, 5.74) is 0.458. The molecule has 1 rings (SSSR count). The second-order valence-electron chi connectivity index (χ2n) is 3.60. The van der Waals surface area contributed by atoms with E-state index in [1.165, 1.54) is 19.4 Å². The maximum atomic E-state index is 3.53. The van der Waals surface area contributed by atoms with Gasteiger partial charge in [0.1, 0.15) is 0 Å². The summed E-state index contributed by atoms with van der Waals surface area (Å²) in [5, 5.41) is 3.53. The van der Waals surface area contributed by atoms with Gasteiger partial charge in [-0.3, -0.25) is 0 Å². The van der Waals surface area contributed by atoms with Crippen molar-refractivity contribution < 1.29 is 0 Å². The van der Waals surface area contributed by atoms with Gasteiger partial charge in [0.2, 0.25) is 0 Å². The normalized spacial score (nSPS) is 43.7. The van der Waals surface area contributed by atoms with Crippen molar-refractivity contribution in [2.75, 3.05) is 6.54 Å². The van der Waals surface area contributed by atoms with Gasteiger partial charge in [0, 0.05) is 5.54 Å². The molecule has 0 aromatic rings. The van der Waals surface area contributed by atoms with Crippen LogP contribution in [0.5, 0.6) is 0 Å². The minimum absolute atomic E-state index is 0.458. The summed E-state index contributed by atoms with van der Waals surface area (Å²) in [6.45, 7) is 8.10. The van der Waals surface area contributed by atoms with Gasteiger partial charge in [0.25, 0.3) is 0 Å². The van der Waals surface area contributed by atoms with Crippen molar-refractivity contribution in [1.29, 1.82) is 0 Å². The van der Waals surface area contributed by atoms with Crippen LogP contribution in [0.15, 0.2) is 0 Å². The van der Waals surface area contributed by atoms with E-state index in [0.717, 1.165) is 5.92 Å². The molecule has 0 amide bonds. The van der Waals surface area contributed by atoms with Gasteiger partial charge in [-0.25, -0.2) is 0 Å². The van der Waals surface area contributed by atoms with Gasteiger partial charge in [-0.2, -0.15) is 0 Å². The third kappa shape index (κ3) is 1.45. The van der Waals surface area contributed by atoms with Gasteiger partial charge < -0.3 is 5.32 Å². The molecule has 0 aromatic carbocycles. The quantitative estimate of drug-likeness (QED) is 0.566. The van der Waals surface area contributed by atoms with E-state index < -0.39 is 0 Å². The van der Waals surface area contributed by atoms with Gasteiger partial charge in [-0.15, -0.1) is 0 Å². The number of rotatable bonds is 1. The molecule has 1 nitrogen and oxygen atoms in total. The molecule has 1 aliphatic rings. The lowest BCUT2D eigenvalue weighted by atomic mass is 9.93. The molecule has 1 fully saturated rings. The highest BCUT2D eigenvalue weighted by Crippen LogP contribution is 2.25. The summed E-state index contributed by atoms with van der Waals surface area (Å²) in [7, 11) is 0. The molecule has 0 aliphatic carbocycles. The smallest absolute Gasteiger partial charge is 0.0153 e. The molecule has 1 saturated heterocycles. The molecule has 9 heavy (non-hydrogen) atoms. The zero-order valence-electron chi connectivity index (χ0n) is 6.70. The maximum Gasteiger partial charge on any atom is 0.0153 e. The SMILES string of the molecule is CCC1(C)CC(C)CN1. The number of hydrogen-bond acceptors (Lipinski definition) is 1. The summed E-state index contributed by atoms with van der Waals surface area (Å²) in [4.78, 5) is 0. The average Bonchev–Trinajstić information content (AvgIpc) is 2.13. The summed E-state index contributed by atoms with van der Waals surface area (Å²) in [6.07, 6.45) is 2.61. The summed E-state index contributed by atoms with van der Waals surface area (Å²) >= 11 is 0. The van der Waals surface area contributed by atoms with Crippen LogP contribution >= 0.6 is 0 Å². The highest BCUT2D eigenvalue weighted by Gasteiger charge is 2.29. The second-order valence-corrected chi connectivity index (χ2v) is 3.60. The predicted octanol–water partition coefficient (Wildman–Crippen LogP) is 1.78. The van der Waals surface area contributed by atoms with E-state index in [-0.39, 0.29) is 0 Å². The molecule has 1 N–H and O–H groups in total. The molecule has 1 heteroatoms. The Morgan fingerprint density at radius 2 is 2.33 bits per heavy atom. The Kier molecular flexibility index (Phi) is 1.80. The number of hydrogen-bond donors (Lipinski definition) is 1. The topological polar surface area (TPSA) is 12.0 Å². The molecule has 0 radical (unpaired) electrons. The largest absolute Gasteiger partial charge is 0.311 e. The Bertz CT molecular complexity index is 101. The first-order valence-electron chi connectivity index (χ1n) is 3.91. The lowest BCUT2D eigenvalue weighted by molar-refractivity contribution is 0.392. The highest BCUT2D eigenvalue weighted by atomic mass is 15.0. The zero-order valence-corrected chi connectivity index (χ0v) is 6.70. The van der Waals surface area contributed by atoms with Crippen LogP contribution in [0.1, 0.15) is 33.6 Å². The van der Waals surface area contributed by atoms with Gasteiger partial charge in [0.15, 0.2) is 0 Å². The zero-order chi connectivity index (χ0) is 6.91. The molecule has 54 valence electrons. The first-order valence-corrected chi connectivity index (χ1v) is 3.91. The fraction of sp³-hybridized carbons (Fsp3) is 1.00. The molecule has 0 bridgehead atoms. The third-order valence-corrected chi connectivity index (χ3v) is 2.46. The van der Waals surface area contributed by atoms with E-state index in [1.54, 1.807) is 0 Å². The Morgan fingerprint density at radius 1 is 1.67 bits per heavy atom. The Labute approximate surface area is 57.8 Å². The number of nitrogens with one attached hydrogen (secondary N) is 1. The van der Waals surface area contributed by atoms with Gasteiger partial charge in [-0.05, 0) is 32.2 Å². The van der Waals surface area contributed by atoms with E-state index >= 15 is 0 Å². The Morgan fingerprint density at radius 3 is 2.56 bits per heavy atom. The highest BCUT2D eigenvalue weighted by molar-refractivity contribution is 4.90. The third-order valence-electron chi connectivity index (χ3n) is 2.46. The maximum absolute atomic E-state index is 3.53. The van der Waals surface area contributed by atoms with Crippen LogP contribution in [-0.4, -0.2) is 12.1 Å². The van der Waals surface area contributed by atoms with Gasteiger partial charge >= 0.3 is 0 Å². The minimum Gasteiger partial charge on any atom is -0.311 e. The van der Waals surface area contributed by atoms with E-state index in [4.69, 9.17) is 0 Å². The molecule has 2 unspecified atom stereocenters. The fourth-order valence-electron chi connectivity index (χ4n) is 1.60. The summed E-state index contributed by atoms with van der Waals surface area (Å²) in [5.74, 6) is 0.884. The Balaban J connectivity index is 2.45. The molecular weight excluding hydrogens is 110 g/mol. The van der Waals surface area contributed by atoms with Crippen molar-refractivity contribution in [2.24, 2.45) is 5.92 Å². The van der Waals surface area contributed by atoms with Crippen molar-refractivity contribution in [2.45, 2.75) is 39.2 Å². The van der Waals surface area contributed by atoms with E-state index in [1.807, 2.05) is 0 Å². The second kappa shape index (κ2) is 2.30. The molecule has 2 atom stereocenters. The van der Waals surface area contributed by atoms with Crippen molar-refractivity contribution in [3.63, 3.8) is 0 Å². The Hall–Kier alpha value is -0.0400. The molecular formula is C8H17N. The molecule has 1 aliphatic heterocycles. The predicted molar refractivity (Wildman–Crippen MR) is 40.5 cm³/mol. The van der Waals surface area contributed by atoms with Crippen LogP contribution < -0.4 is 5.32 Å². The van der Waals surface area contributed by atoms with Crippen LogP contribution in [0.2, 0.25) is 0 Å². The van der Waals surface area contributed by atoms with E-state index in [9.17, 15) is 0 Å². The van der Waals surface area contributed by atoms with Gasteiger partial charge in [-0.1, -0.05) is 13.8 Å².